The molecular weight excluding hydrogens is 294 g/mol. The van der Waals surface area contributed by atoms with Crippen LogP contribution in [-0.4, -0.2) is 7.11 Å². The van der Waals surface area contributed by atoms with Gasteiger partial charge in [-0.1, -0.05) is 12.2 Å². The highest BCUT2D eigenvalue weighted by Gasteiger charge is 2.35. The lowest BCUT2D eigenvalue weighted by Gasteiger charge is -2.41. The molecule has 23 heavy (non-hydrogen) atoms. The molecule has 4 atom stereocenters. The van der Waals surface area contributed by atoms with Crippen molar-refractivity contribution < 1.29 is 13.5 Å². The summed E-state index contributed by atoms with van der Waals surface area (Å²) in [5.41, 5.74) is 0.801. The summed E-state index contributed by atoms with van der Waals surface area (Å²) in [7, 11) is 1.30. The Labute approximate surface area is 137 Å². The first-order valence-corrected chi connectivity index (χ1v) is 8.78. The van der Waals surface area contributed by atoms with Gasteiger partial charge in [0, 0.05) is 0 Å². The molecule has 1 aromatic carbocycles. The van der Waals surface area contributed by atoms with Crippen LogP contribution >= 0.6 is 0 Å². The third-order valence-electron chi connectivity index (χ3n) is 5.81. The van der Waals surface area contributed by atoms with Gasteiger partial charge >= 0.3 is 0 Å². The van der Waals surface area contributed by atoms with Crippen molar-refractivity contribution in [1.82, 2.24) is 0 Å². The molecule has 0 saturated heterocycles. The van der Waals surface area contributed by atoms with Crippen molar-refractivity contribution in [3.05, 3.63) is 41.5 Å². The van der Waals surface area contributed by atoms with E-state index in [1.54, 1.807) is 0 Å². The summed E-state index contributed by atoms with van der Waals surface area (Å²) in [5.74, 6) is 1.08. The topological polar surface area (TPSA) is 9.23 Å². The Balaban J connectivity index is 1.71. The lowest BCUT2D eigenvalue weighted by molar-refractivity contribution is 0.133. The number of allylic oxidation sites excluding steroid dienone is 2. The van der Waals surface area contributed by atoms with Gasteiger partial charge in [0.25, 0.3) is 0 Å². The van der Waals surface area contributed by atoms with Crippen molar-refractivity contribution in [3.63, 3.8) is 0 Å². The standard InChI is InChI=1S/C20H26F2O/c1-3-4-13-5-6-15-10-16(8-7-14(15)9-13)17-11-18(21)20(23-2)19(22)12-17/h3-4,11-16H,5-10H2,1-2H3/t13-,14-,15-,16?/m1/s1. The van der Waals surface area contributed by atoms with Gasteiger partial charge in [-0.2, -0.15) is 0 Å². The van der Waals surface area contributed by atoms with E-state index in [-0.39, 0.29) is 11.7 Å². The lowest BCUT2D eigenvalue weighted by Crippen LogP contribution is -2.30. The van der Waals surface area contributed by atoms with Crippen LogP contribution in [0.5, 0.6) is 5.75 Å². The molecule has 0 amide bonds. The van der Waals surface area contributed by atoms with Crippen LogP contribution in [0.25, 0.3) is 0 Å². The Kier molecular flexibility index (Phi) is 5.03. The predicted molar refractivity (Wildman–Crippen MR) is 88.6 cm³/mol. The van der Waals surface area contributed by atoms with E-state index in [1.165, 1.54) is 44.9 Å². The Bertz CT molecular complexity index is 558. The van der Waals surface area contributed by atoms with Crippen LogP contribution in [0.15, 0.2) is 24.3 Å². The summed E-state index contributed by atoms with van der Waals surface area (Å²) in [6.07, 6.45) is 11.6. The Hall–Kier alpha value is -1.38. The van der Waals surface area contributed by atoms with Crippen molar-refractivity contribution in [3.8, 4) is 5.75 Å². The van der Waals surface area contributed by atoms with Gasteiger partial charge in [-0.3, -0.25) is 0 Å². The van der Waals surface area contributed by atoms with Crippen LogP contribution in [0, 0.1) is 29.4 Å². The van der Waals surface area contributed by atoms with Crippen molar-refractivity contribution in [2.45, 2.75) is 51.4 Å². The Morgan fingerprint density at radius 3 is 2.30 bits per heavy atom. The van der Waals surface area contributed by atoms with Gasteiger partial charge in [0.15, 0.2) is 17.4 Å². The molecule has 1 nitrogen and oxygen atoms in total. The normalized spacial score (nSPS) is 31.1. The maximum atomic E-state index is 14.0. The van der Waals surface area contributed by atoms with Gasteiger partial charge in [0.2, 0.25) is 0 Å². The molecule has 2 saturated carbocycles. The fraction of sp³-hybridized carbons (Fsp3) is 0.600. The molecule has 0 radical (unpaired) electrons. The summed E-state index contributed by atoms with van der Waals surface area (Å²) in [6, 6.07) is 2.94. The third-order valence-corrected chi connectivity index (χ3v) is 5.81. The quantitative estimate of drug-likeness (QED) is 0.635. The van der Waals surface area contributed by atoms with Crippen molar-refractivity contribution >= 4 is 0 Å². The van der Waals surface area contributed by atoms with Crippen LogP contribution in [0.1, 0.15) is 56.9 Å². The summed E-state index contributed by atoms with van der Waals surface area (Å²) in [5, 5.41) is 0. The molecule has 126 valence electrons. The molecule has 3 heteroatoms. The van der Waals surface area contributed by atoms with Crippen molar-refractivity contribution in [2.24, 2.45) is 17.8 Å². The van der Waals surface area contributed by atoms with Crippen LogP contribution in [0.4, 0.5) is 8.78 Å². The summed E-state index contributed by atoms with van der Waals surface area (Å²) >= 11 is 0. The highest BCUT2D eigenvalue weighted by molar-refractivity contribution is 5.33. The smallest absolute Gasteiger partial charge is 0.190 e. The second-order valence-corrected chi connectivity index (χ2v) is 7.15. The maximum absolute atomic E-state index is 14.0. The van der Waals surface area contributed by atoms with Crippen LogP contribution in [-0.2, 0) is 0 Å². The molecule has 2 aliphatic rings. The van der Waals surface area contributed by atoms with Crippen LogP contribution < -0.4 is 4.74 Å². The third kappa shape index (κ3) is 3.44. The predicted octanol–water partition coefficient (Wildman–Crippen LogP) is 5.85. The zero-order chi connectivity index (χ0) is 16.4. The van der Waals surface area contributed by atoms with E-state index in [9.17, 15) is 8.78 Å². The van der Waals surface area contributed by atoms with Crippen molar-refractivity contribution in [2.75, 3.05) is 7.11 Å². The summed E-state index contributed by atoms with van der Waals surface area (Å²) in [6.45, 7) is 2.09. The fourth-order valence-corrected chi connectivity index (χ4v) is 4.69. The number of hydrogen-bond acceptors (Lipinski definition) is 1. The summed E-state index contributed by atoms with van der Waals surface area (Å²) < 4.78 is 32.7. The minimum atomic E-state index is -0.582. The van der Waals surface area contributed by atoms with E-state index in [1.807, 2.05) is 0 Å². The van der Waals surface area contributed by atoms with Crippen molar-refractivity contribution in [1.29, 1.82) is 0 Å². The fourth-order valence-electron chi connectivity index (χ4n) is 4.69. The van der Waals surface area contributed by atoms with Crippen LogP contribution in [0.2, 0.25) is 0 Å². The lowest BCUT2D eigenvalue weighted by atomic mass is 9.64. The monoisotopic (exact) mass is 320 g/mol. The van der Waals surface area contributed by atoms with Gasteiger partial charge in [-0.15, -0.1) is 0 Å². The van der Waals surface area contributed by atoms with E-state index < -0.39 is 11.6 Å². The first-order chi connectivity index (χ1) is 11.1. The Morgan fingerprint density at radius 1 is 1.00 bits per heavy atom. The highest BCUT2D eigenvalue weighted by atomic mass is 19.1. The molecule has 2 fully saturated rings. The van der Waals surface area contributed by atoms with Gasteiger partial charge < -0.3 is 4.74 Å². The molecule has 0 heterocycles. The largest absolute Gasteiger partial charge is 0.491 e. The zero-order valence-electron chi connectivity index (χ0n) is 14.0. The second-order valence-electron chi connectivity index (χ2n) is 7.15. The molecule has 1 aromatic rings. The Morgan fingerprint density at radius 2 is 1.65 bits per heavy atom. The van der Waals surface area contributed by atoms with E-state index in [0.717, 1.165) is 30.2 Å². The van der Waals surface area contributed by atoms with E-state index in [0.29, 0.717) is 5.92 Å². The molecule has 3 rings (SSSR count). The van der Waals surface area contributed by atoms with Gasteiger partial charge in [0.05, 0.1) is 7.11 Å². The first kappa shape index (κ1) is 16.5. The van der Waals surface area contributed by atoms with Gasteiger partial charge in [-0.25, -0.2) is 8.78 Å². The molecule has 1 unspecified atom stereocenters. The number of methoxy groups -OCH3 is 1. The van der Waals surface area contributed by atoms with Gasteiger partial charge in [0.1, 0.15) is 0 Å². The number of rotatable bonds is 3. The average molecular weight is 320 g/mol. The van der Waals surface area contributed by atoms with Gasteiger partial charge in [-0.05, 0) is 86.8 Å². The molecule has 0 N–H and O–H groups in total. The average Bonchev–Trinajstić information content (AvgIpc) is 2.54. The van der Waals surface area contributed by atoms with E-state index in [4.69, 9.17) is 4.74 Å². The SMILES string of the molecule is CC=C[C@@H]1CC[C@@H]2CC(c3cc(F)c(OC)c(F)c3)CC[C@@H]2C1. The minimum Gasteiger partial charge on any atom is -0.491 e. The maximum Gasteiger partial charge on any atom is 0.190 e. The summed E-state index contributed by atoms with van der Waals surface area (Å²) in [4.78, 5) is 0. The molecule has 0 bridgehead atoms. The number of halogens is 2. The van der Waals surface area contributed by atoms with Crippen LogP contribution in [0.3, 0.4) is 0 Å². The second kappa shape index (κ2) is 7.02. The molecule has 0 aliphatic heterocycles. The number of benzene rings is 1. The first-order valence-electron chi connectivity index (χ1n) is 8.78. The molecule has 2 aliphatic carbocycles. The number of hydrogen-bond donors (Lipinski definition) is 0. The number of fused-ring (bicyclic) bond motifs is 1. The highest BCUT2D eigenvalue weighted by Crippen LogP contribution is 2.48. The molecule has 0 aromatic heterocycles. The zero-order valence-corrected chi connectivity index (χ0v) is 14.0. The number of ether oxygens (including phenoxy) is 1. The van der Waals surface area contributed by atoms with E-state index in [2.05, 4.69) is 19.1 Å². The molecule has 0 spiro atoms. The molecular formula is C20H26F2O. The van der Waals surface area contributed by atoms with E-state index >= 15 is 0 Å². The minimum absolute atomic E-state index is 0.269.